The molecule has 1 aliphatic rings. The zero-order valence-corrected chi connectivity index (χ0v) is 8.51. The number of aliphatic imine (C=N–C) groups is 1. The molecule has 0 aromatic carbocycles. The quantitative estimate of drug-likeness (QED) is 0.638. The third-order valence-corrected chi connectivity index (χ3v) is 2.11. The van der Waals surface area contributed by atoms with Crippen molar-refractivity contribution in [2.24, 2.45) is 10.9 Å². The Morgan fingerprint density at radius 2 is 2.00 bits per heavy atom. The van der Waals surface area contributed by atoms with Gasteiger partial charge in [-0.25, -0.2) is 0 Å². The molecule has 0 saturated carbocycles. The molecule has 1 amide bonds. The molecule has 1 N–H and O–H groups in total. The smallest absolute Gasteiger partial charge is 0.253 e. The van der Waals surface area contributed by atoms with E-state index < -0.39 is 5.54 Å². The van der Waals surface area contributed by atoms with Gasteiger partial charge < -0.3 is 5.32 Å². The summed E-state index contributed by atoms with van der Waals surface area (Å²) < 4.78 is 0. The van der Waals surface area contributed by atoms with Crippen molar-refractivity contribution in [3.8, 4) is 0 Å². The summed E-state index contributed by atoms with van der Waals surface area (Å²) in [5.74, 6) is 0.258. The van der Waals surface area contributed by atoms with Crippen LogP contribution >= 0.6 is 0 Å². The van der Waals surface area contributed by atoms with E-state index in [9.17, 15) is 4.79 Å². The Bertz CT molecular complexity index is 187. The van der Waals surface area contributed by atoms with Crippen LogP contribution in [0, 0.1) is 5.92 Å². The molecule has 0 fully saturated rings. The maximum atomic E-state index is 11.1. The summed E-state index contributed by atoms with van der Waals surface area (Å²) in [6.07, 6.45) is 1.47. The first-order chi connectivity index (χ1) is 5.57. The van der Waals surface area contributed by atoms with Gasteiger partial charge in [0.1, 0.15) is 5.54 Å². The molecule has 0 spiro atoms. The Labute approximate surface area is 74.3 Å². The Kier molecular flexibility index (Phi) is 3.93. The van der Waals surface area contributed by atoms with Crippen LogP contribution in [0.2, 0.25) is 0 Å². The lowest BCUT2D eigenvalue weighted by atomic mass is 9.89. The van der Waals surface area contributed by atoms with Crippen LogP contribution in [0.25, 0.3) is 0 Å². The van der Waals surface area contributed by atoms with E-state index in [1.165, 1.54) is 6.34 Å². The summed E-state index contributed by atoms with van der Waals surface area (Å²) in [6.45, 7) is 9.82. The van der Waals surface area contributed by atoms with Gasteiger partial charge in [-0.1, -0.05) is 27.7 Å². The molecule has 0 radical (unpaired) electrons. The van der Waals surface area contributed by atoms with Gasteiger partial charge in [-0.05, 0) is 12.8 Å². The molecule has 12 heavy (non-hydrogen) atoms. The normalized spacial score (nSPS) is 26.7. The summed E-state index contributed by atoms with van der Waals surface area (Å²) in [5, 5.41) is 2.56. The average molecular weight is 170 g/mol. The van der Waals surface area contributed by atoms with E-state index in [1.54, 1.807) is 0 Å². The first-order valence-corrected chi connectivity index (χ1v) is 4.42. The van der Waals surface area contributed by atoms with Crippen LogP contribution in [0.15, 0.2) is 4.99 Å². The van der Waals surface area contributed by atoms with E-state index in [2.05, 4.69) is 10.3 Å². The molecule has 0 aromatic heterocycles. The number of hydrogen-bond acceptors (Lipinski definition) is 2. The van der Waals surface area contributed by atoms with Crippen LogP contribution in [0.3, 0.4) is 0 Å². The molecule has 1 heterocycles. The lowest BCUT2D eigenvalue weighted by Crippen LogP contribution is -2.40. The standard InChI is InChI=1S/C7H12N2O.C2H6/c1-5(2)7(3)6(10)8-4-9-7;1-2/h4-5H,1-3H3,(H,8,9,10);1-2H3. The molecular formula is C9H18N2O. The predicted octanol–water partition coefficient (Wildman–Crippen LogP) is 1.59. The molecule has 3 heteroatoms. The monoisotopic (exact) mass is 170 g/mol. The maximum Gasteiger partial charge on any atom is 0.253 e. The molecule has 0 saturated heterocycles. The summed E-state index contributed by atoms with van der Waals surface area (Å²) >= 11 is 0. The minimum Gasteiger partial charge on any atom is -0.315 e. The summed E-state index contributed by atoms with van der Waals surface area (Å²) in [5.41, 5.74) is -0.528. The lowest BCUT2D eigenvalue weighted by Gasteiger charge is -2.21. The second-order valence-corrected chi connectivity index (χ2v) is 3.03. The topological polar surface area (TPSA) is 41.5 Å². The van der Waals surface area contributed by atoms with Crippen molar-refractivity contribution in [2.45, 2.75) is 40.2 Å². The number of carbonyl (C=O) groups is 1. The van der Waals surface area contributed by atoms with Gasteiger partial charge in [-0.3, -0.25) is 9.79 Å². The molecule has 70 valence electrons. The Morgan fingerprint density at radius 1 is 1.50 bits per heavy atom. The molecule has 3 nitrogen and oxygen atoms in total. The van der Waals surface area contributed by atoms with Crippen molar-refractivity contribution in [2.75, 3.05) is 0 Å². The van der Waals surface area contributed by atoms with Crippen LogP contribution in [0.1, 0.15) is 34.6 Å². The molecule has 1 unspecified atom stereocenters. The minimum atomic E-state index is -0.528. The Balaban J connectivity index is 0.000000561. The van der Waals surface area contributed by atoms with Crippen molar-refractivity contribution >= 4 is 12.2 Å². The van der Waals surface area contributed by atoms with Crippen LogP contribution in [-0.4, -0.2) is 17.8 Å². The van der Waals surface area contributed by atoms with E-state index in [-0.39, 0.29) is 11.8 Å². The SMILES string of the molecule is CC.CC(C)C1(C)N=CNC1=O. The third kappa shape index (κ3) is 1.84. The largest absolute Gasteiger partial charge is 0.315 e. The molecule has 0 aromatic rings. The predicted molar refractivity (Wildman–Crippen MR) is 51.2 cm³/mol. The highest BCUT2D eigenvalue weighted by Crippen LogP contribution is 2.23. The van der Waals surface area contributed by atoms with Gasteiger partial charge in [0.2, 0.25) is 0 Å². The van der Waals surface area contributed by atoms with Gasteiger partial charge in [-0.2, -0.15) is 0 Å². The molecule has 0 aliphatic carbocycles. The summed E-state index contributed by atoms with van der Waals surface area (Å²) in [6, 6.07) is 0. The van der Waals surface area contributed by atoms with Gasteiger partial charge in [0.25, 0.3) is 5.91 Å². The number of hydrogen-bond donors (Lipinski definition) is 1. The number of nitrogens with one attached hydrogen (secondary N) is 1. The van der Waals surface area contributed by atoms with Crippen molar-refractivity contribution in [1.29, 1.82) is 0 Å². The fourth-order valence-corrected chi connectivity index (χ4v) is 0.841. The van der Waals surface area contributed by atoms with E-state index in [0.29, 0.717) is 0 Å². The number of amides is 1. The maximum absolute atomic E-state index is 11.1. The van der Waals surface area contributed by atoms with Crippen molar-refractivity contribution < 1.29 is 4.79 Å². The van der Waals surface area contributed by atoms with E-state index in [4.69, 9.17) is 0 Å². The highest BCUT2D eigenvalue weighted by Gasteiger charge is 2.38. The third-order valence-electron chi connectivity index (χ3n) is 2.11. The lowest BCUT2D eigenvalue weighted by molar-refractivity contribution is -0.124. The Hall–Kier alpha value is -0.860. The fraction of sp³-hybridized carbons (Fsp3) is 0.778. The van der Waals surface area contributed by atoms with Gasteiger partial charge in [-0.15, -0.1) is 0 Å². The number of carbonyl (C=O) groups excluding carboxylic acids is 1. The number of rotatable bonds is 1. The van der Waals surface area contributed by atoms with Gasteiger partial charge >= 0.3 is 0 Å². The summed E-state index contributed by atoms with van der Waals surface area (Å²) in [7, 11) is 0. The highest BCUT2D eigenvalue weighted by atomic mass is 16.2. The van der Waals surface area contributed by atoms with Crippen molar-refractivity contribution in [3.05, 3.63) is 0 Å². The molecule has 0 bridgehead atoms. The molecular weight excluding hydrogens is 152 g/mol. The van der Waals surface area contributed by atoms with Crippen LogP contribution < -0.4 is 5.32 Å². The average Bonchev–Trinajstić information content (AvgIpc) is 2.38. The van der Waals surface area contributed by atoms with E-state index in [1.807, 2.05) is 34.6 Å². The molecule has 1 rings (SSSR count). The van der Waals surface area contributed by atoms with Crippen LogP contribution in [0.4, 0.5) is 0 Å². The first kappa shape index (κ1) is 11.1. The van der Waals surface area contributed by atoms with Gasteiger partial charge in [0.15, 0.2) is 0 Å². The second kappa shape index (κ2) is 4.24. The fourth-order valence-electron chi connectivity index (χ4n) is 0.841. The first-order valence-electron chi connectivity index (χ1n) is 4.42. The zero-order valence-electron chi connectivity index (χ0n) is 8.51. The van der Waals surface area contributed by atoms with E-state index in [0.717, 1.165) is 0 Å². The van der Waals surface area contributed by atoms with Crippen LogP contribution in [-0.2, 0) is 4.79 Å². The number of nitrogens with zero attached hydrogens (tertiary/aromatic N) is 1. The second-order valence-electron chi connectivity index (χ2n) is 3.03. The summed E-state index contributed by atoms with van der Waals surface area (Å²) in [4.78, 5) is 15.2. The minimum absolute atomic E-state index is 0.00231. The molecule has 1 aliphatic heterocycles. The highest BCUT2D eigenvalue weighted by molar-refractivity contribution is 5.99. The Morgan fingerprint density at radius 3 is 2.17 bits per heavy atom. The van der Waals surface area contributed by atoms with Crippen LogP contribution in [0.5, 0.6) is 0 Å². The van der Waals surface area contributed by atoms with Gasteiger partial charge in [0, 0.05) is 0 Å². The zero-order chi connectivity index (χ0) is 9.78. The molecule has 1 atom stereocenters. The van der Waals surface area contributed by atoms with Crippen molar-refractivity contribution in [1.82, 2.24) is 5.32 Å². The van der Waals surface area contributed by atoms with E-state index >= 15 is 0 Å². The van der Waals surface area contributed by atoms with Crippen molar-refractivity contribution in [3.63, 3.8) is 0 Å². The van der Waals surface area contributed by atoms with Gasteiger partial charge in [0.05, 0.1) is 6.34 Å².